The van der Waals surface area contributed by atoms with Crippen molar-refractivity contribution in [3.8, 4) is 5.75 Å². The second-order valence-electron chi connectivity index (χ2n) is 4.66. The van der Waals surface area contributed by atoms with Gasteiger partial charge in [0, 0.05) is 30.2 Å². The van der Waals surface area contributed by atoms with E-state index in [9.17, 15) is 5.11 Å². The van der Waals surface area contributed by atoms with Gasteiger partial charge in [0.2, 0.25) is 0 Å². The summed E-state index contributed by atoms with van der Waals surface area (Å²) in [6.45, 7) is 6.66. The first-order valence-electron chi connectivity index (χ1n) is 6.57. The van der Waals surface area contributed by atoms with E-state index in [1.54, 1.807) is 19.1 Å². The molecule has 4 nitrogen and oxygen atoms in total. The van der Waals surface area contributed by atoms with Gasteiger partial charge in [0.1, 0.15) is 12.4 Å². The first kappa shape index (κ1) is 14.6. The third-order valence-corrected chi connectivity index (χ3v) is 3.43. The predicted octanol–water partition coefficient (Wildman–Crippen LogP) is 2.10. The number of ether oxygens (including phenoxy) is 2. The fourth-order valence-electron chi connectivity index (χ4n) is 2.09. The Morgan fingerprint density at radius 2 is 2.16 bits per heavy atom. The summed E-state index contributed by atoms with van der Waals surface area (Å²) in [6.07, 6.45) is -0.586. The van der Waals surface area contributed by atoms with Gasteiger partial charge in [0.25, 0.3) is 0 Å². The molecule has 1 aliphatic heterocycles. The van der Waals surface area contributed by atoms with Crippen LogP contribution in [0.2, 0.25) is 5.02 Å². The minimum absolute atomic E-state index is 0.586. The van der Waals surface area contributed by atoms with Gasteiger partial charge >= 0.3 is 0 Å². The highest BCUT2D eigenvalue weighted by Gasteiger charge is 2.12. The third kappa shape index (κ3) is 4.35. The lowest BCUT2D eigenvalue weighted by Gasteiger charge is -2.26. The zero-order chi connectivity index (χ0) is 13.7. The molecule has 1 heterocycles. The van der Waals surface area contributed by atoms with E-state index in [2.05, 4.69) is 4.90 Å². The van der Waals surface area contributed by atoms with Gasteiger partial charge in [-0.2, -0.15) is 0 Å². The van der Waals surface area contributed by atoms with Crippen LogP contribution < -0.4 is 4.74 Å². The maximum Gasteiger partial charge on any atom is 0.125 e. The van der Waals surface area contributed by atoms with Crippen LogP contribution in [0.1, 0.15) is 18.6 Å². The highest BCUT2D eigenvalue weighted by atomic mass is 35.5. The molecule has 1 N–H and O–H groups in total. The molecule has 2 rings (SSSR count). The fourth-order valence-corrected chi connectivity index (χ4v) is 2.27. The number of hydrogen-bond donors (Lipinski definition) is 1. The number of halogens is 1. The van der Waals surface area contributed by atoms with Crippen LogP contribution in [0.3, 0.4) is 0 Å². The summed E-state index contributed by atoms with van der Waals surface area (Å²) in [5, 5.41) is 10.3. The smallest absolute Gasteiger partial charge is 0.125 e. The second-order valence-corrected chi connectivity index (χ2v) is 5.10. The highest BCUT2D eigenvalue weighted by Crippen LogP contribution is 2.28. The lowest BCUT2D eigenvalue weighted by atomic mass is 10.1. The molecule has 0 aliphatic carbocycles. The van der Waals surface area contributed by atoms with E-state index in [0.717, 1.165) is 38.4 Å². The Morgan fingerprint density at radius 3 is 2.84 bits per heavy atom. The Bertz CT molecular complexity index is 406. The molecule has 1 aromatic rings. The molecule has 0 radical (unpaired) electrons. The van der Waals surface area contributed by atoms with Crippen molar-refractivity contribution in [2.75, 3.05) is 39.5 Å². The van der Waals surface area contributed by atoms with Gasteiger partial charge in [-0.15, -0.1) is 0 Å². The second kappa shape index (κ2) is 7.10. The van der Waals surface area contributed by atoms with Crippen molar-refractivity contribution in [2.24, 2.45) is 0 Å². The van der Waals surface area contributed by atoms with Crippen molar-refractivity contribution in [3.63, 3.8) is 0 Å². The Labute approximate surface area is 118 Å². The molecule has 0 saturated carbocycles. The first-order chi connectivity index (χ1) is 9.16. The molecule has 1 aliphatic rings. The minimum atomic E-state index is -0.586. The third-order valence-electron chi connectivity index (χ3n) is 3.19. The Morgan fingerprint density at radius 1 is 1.42 bits per heavy atom. The Kier molecular flexibility index (Phi) is 5.45. The standard InChI is InChI=1S/C14H20ClNO3/c1-11(17)13-10-12(15)2-3-14(13)19-9-6-16-4-7-18-8-5-16/h2-3,10-11,17H,4-9H2,1H3/t11-/m0/s1. The van der Waals surface area contributed by atoms with Crippen molar-refractivity contribution < 1.29 is 14.6 Å². The average molecular weight is 286 g/mol. The molecule has 106 valence electrons. The molecule has 0 bridgehead atoms. The van der Waals surface area contributed by atoms with E-state index >= 15 is 0 Å². The molecule has 1 fully saturated rings. The van der Waals surface area contributed by atoms with E-state index in [4.69, 9.17) is 21.1 Å². The van der Waals surface area contributed by atoms with Gasteiger partial charge < -0.3 is 14.6 Å². The Hall–Kier alpha value is -0.810. The number of benzene rings is 1. The minimum Gasteiger partial charge on any atom is -0.492 e. The molecule has 0 spiro atoms. The van der Waals surface area contributed by atoms with Gasteiger partial charge in [-0.1, -0.05) is 11.6 Å². The van der Waals surface area contributed by atoms with Crippen LogP contribution in [-0.4, -0.2) is 49.5 Å². The van der Waals surface area contributed by atoms with Gasteiger partial charge in [-0.05, 0) is 25.1 Å². The van der Waals surface area contributed by atoms with Crippen LogP contribution in [0.5, 0.6) is 5.75 Å². The van der Waals surface area contributed by atoms with E-state index in [-0.39, 0.29) is 0 Å². The summed E-state index contributed by atoms with van der Waals surface area (Å²) in [6, 6.07) is 5.33. The number of nitrogens with zero attached hydrogens (tertiary/aromatic N) is 1. The summed E-state index contributed by atoms with van der Waals surface area (Å²) in [5.74, 6) is 0.702. The van der Waals surface area contributed by atoms with Crippen LogP contribution in [0.4, 0.5) is 0 Å². The highest BCUT2D eigenvalue weighted by molar-refractivity contribution is 6.30. The maximum atomic E-state index is 9.71. The number of aliphatic hydroxyl groups excluding tert-OH is 1. The van der Waals surface area contributed by atoms with Gasteiger partial charge in [-0.3, -0.25) is 4.90 Å². The van der Waals surface area contributed by atoms with E-state index < -0.39 is 6.10 Å². The van der Waals surface area contributed by atoms with Gasteiger partial charge in [-0.25, -0.2) is 0 Å². The van der Waals surface area contributed by atoms with Gasteiger partial charge in [0.05, 0.1) is 19.3 Å². The number of rotatable bonds is 5. The topological polar surface area (TPSA) is 41.9 Å². The molecular weight excluding hydrogens is 266 g/mol. The van der Waals surface area contributed by atoms with Crippen LogP contribution in [0.15, 0.2) is 18.2 Å². The first-order valence-corrected chi connectivity index (χ1v) is 6.95. The Balaban J connectivity index is 1.88. The SMILES string of the molecule is C[C@H](O)c1cc(Cl)ccc1OCCN1CCOCC1. The van der Waals surface area contributed by atoms with Crippen LogP contribution in [-0.2, 0) is 4.74 Å². The average Bonchev–Trinajstić information content (AvgIpc) is 2.41. The molecule has 0 unspecified atom stereocenters. The van der Waals surface area contributed by atoms with Crippen LogP contribution >= 0.6 is 11.6 Å². The molecule has 0 amide bonds. The zero-order valence-electron chi connectivity index (χ0n) is 11.1. The summed E-state index contributed by atoms with van der Waals surface area (Å²) in [7, 11) is 0. The fraction of sp³-hybridized carbons (Fsp3) is 0.571. The largest absolute Gasteiger partial charge is 0.492 e. The number of morpholine rings is 1. The van der Waals surface area contributed by atoms with Crippen molar-refractivity contribution >= 4 is 11.6 Å². The molecule has 5 heteroatoms. The van der Waals surface area contributed by atoms with Crippen LogP contribution in [0, 0.1) is 0 Å². The predicted molar refractivity (Wildman–Crippen MR) is 74.8 cm³/mol. The lowest BCUT2D eigenvalue weighted by Crippen LogP contribution is -2.38. The quantitative estimate of drug-likeness (QED) is 0.900. The lowest BCUT2D eigenvalue weighted by molar-refractivity contribution is 0.0320. The normalized spacial score (nSPS) is 18.3. The van der Waals surface area contributed by atoms with Crippen molar-refractivity contribution in [1.29, 1.82) is 0 Å². The summed E-state index contributed by atoms with van der Waals surface area (Å²) >= 11 is 5.93. The summed E-state index contributed by atoms with van der Waals surface area (Å²) in [4.78, 5) is 2.31. The molecule has 0 aromatic heterocycles. The van der Waals surface area contributed by atoms with Gasteiger partial charge in [0.15, 0.2) is 0 Å². The zero-order valence-corrected chi connectivity index (χ0v) is 11.9. The van der Waals surface area contributed by atoms with Crippen LogP contribution in [0.25, 0.3) is 0 Å². The molecule has 1 saturated heterocycles. The van der Waals surface area contributed by atoms with E-state index in [0.29, 0.717) is 17.4 Å². The number of aliphatic hydroxyl groups is 1. The number of hydrogen-bond acceptors (Lipinski definition) is 4. The van der Waals surface area contributed by atoms with E-state index in [1.165, 1.54) is 0 Å². The summed E-state index contributed by atoms with van der Waals surface area (Å²) in [5.41, 5.74) is 0.731. The van der Waals surface area contributed by atoms with Crippen molar-refractivity contribution in [3.05, 3.63) is 28.8 Å². The summed E-state index contributed by atoms with van der Waals surface area (Å²) < 4.78 is 11.1. The molecular formula is C14H20ClNO3. The molecule has 1 aromatic carbocycles. The van der Waals surface area contributed by atoms with Crippen molar-refractivity contribution in [1.82, 2.24) is 4.90 Å². The molecule has 1 atom stereocenters. The van der Waals surface area contributed by atoms with E-state index in [1.807, 2.05) is 6.07 Å². The molecule has 19 heavy (non-hydrogen) atoms. The maximum absolute atomic E-state index is 9.71. The monoisotopic (exact) mass is 285 g/mol. The van der Waals surface area contributed by atoms with Crippen molar-refractivity contribution in [2.45, 2.75) is 13.0 Å².